The minimum atomic E-state index is -0.616. The highest BCUT2D eigenvalue weighted by Gasteiger charge is 2.15. The molecule has 6 heteroatoms. The van der Waals surface area contributed by atoms with Gasteiger partial charge in [-0.2, -0.15) is 0 Å². The number of pyridine rings is 1. The summed E-state index contributed by atoms with van der Waals surface area (Å²) in [7, 11) is 1.24. The van der Waals surface area contributed by atoms with E-state index in [-0.39, 0.29) is 16.9 Å². The maximum atomic E-state index is 14.0. The lowest BCUT2D eigenvalue weighted by molar-refractivity contribution is 0.0602. The molecule has 110 valence electrons. The molecule has 2 rings (SSSR count). The molecule has 0 saturated carbocycles. The Morgan fingerprint density at radius 2 is 2.00 bits per heavy atom. The Kier molecular flexibility index (Phi) is 4.07. The number of ether oxygens (including phenoxy) is 1. The Balaban J connectivity index is 2.42. The number of hydrogen-bond donors (Lipinski definition) is 2. The van der Waals surface area contributed by atoms with Crippen LogP contribution in [0.2, 0.25) is 0 Å². The molecule has 5 nitrogen and oxygen atoms in total. The Bertz CT molecular complexity index is 702. The number of nitrogens with zero attached hydrogens (tertiary/aromatic N) is 1. The number of methoxy groups -OCH3 is 1. The van der Waals surface area contributed by atoms with E-state index in [4.69, 9.17) is 5.73 Å². The van der Waals surface area contributed by atoms with Gasteiger partial charge in [-0.25, -0.2) is 9.18 Å². The van der Waals surface area contributed by atoms with Crippen LogP contribution in [0.3, 0.4) is 0 Å². The summed E-state index contributed by atoms with van der Waals surface area (Å²) in [5.74, 6) is -1.17. The molecule has 0 spiro atoms. The van der Waals surface area contributed by atoms with Gasteiger partial charge >= 0.3 is 5.97 Å². The van der Waals surface area contributed by atoms with E-state index in [2.05, 4.69) is 15.0 Å². The van der Waals surface area contributed by atoms with Crippen molar-refractivity contribution in [3.63, 3.8) is 0 Å². The van der Waals surface area contributed by atoms with Crippen LogP contribution in [0.25, 0.3) is 0 Å². The van der Waals surface area contributed by atoms with Crippen LogP contribution in [-0.4, -0.2) is 18.1 Å². The highest BCUT2D eigenvalue weighted by Crippen LogP contribution is 2.27. The molecule has 0 aliphatic carbocycles. The maximum Gasteiger partial charge on any atom is 0.340 e. The molecular formula is C15H16FN3O2. The van der Waals surface area contributed by atoms with Gasteiger partial charge in [0.25, 0.3) is 0 Å². The summed E-state index contributed by atoms with van der Waals surface area (Å²) >= 11 is 0. The molecule has 0 fully saturated rings. The summed E-state index contributed by atoms with van der Waals surface area (Å²) in [6.45, 7) is 3.68. The molecule has 0 aliphatic heterocycles. The highest BCUT2D eigenvalue weighted by molar-refractivity contribution is 5.96. The van der Waals surface area contributed by atoms with E-state index >= 15 is 0 Å². The lowest BCUT2D eigenvalue weighted by Gasteiger charge is -2.13. The number of carbonyl (C=O) groups excluding carboxylic acids is 1. The second-order valence-electron chi connectivity index (χ2n) is 4.62. The topological polar surface area (TPSA) is 77.2 Å². The molecule has 0 saturated heterocycles. The van der Waals surface area contributed by atoms with Crippen molar-refractivity contribution >= 4 is 23.0 Å². The van der Waals surface area contributed by atoms with Crippen molar-refractivity contribution in [3.8, 4) is 0 Å². The summed E-state index contributed by atoms with van der Waals surface area (Å²) in [5.41, 5.74) is 8.16. The van der Waals surface area contributed by atoms with Gasteiger partial charge in [-0.15, -0.1) is 0 Å². The van der Waals surface area contributed by atoms with Gasteiger partial charge in [0.05, 0.1) is 29.7 Å². The van der Waals surface area contributed by atoms with Crippen molar-refractivity contribution < 1.29 is 13.9 Å². The summed E-state index contributed by atoms with van der Waals surface area (Å²) in [5, 5.41) is 2.91. The average Bonchev–Trinajstić information content (AvgIpc) is 2.43. The van der Waals surface area contributed by atoms with Crippen molar-refractivity contribution in [2.45, 2.75) is 13.8 Å². The van der Waals surface area contributed by atoms with Gasteiger partial charge in [-0.05, 0) is 38.1 Å². The van der Waals surface area contributed by atoms with Crippen molar-refractivity contribution in [3.05, 3.63) is 47.0 Å². The molecule has 2 aromatic rings. The molecule has 1 aromatic heterocycles. The Morgan fingerprint density at radius 3 is 2.62 bits per heavy atom. The van der Waals surface area contributed by atoms with Crippen LogP contribution in [0.1, 0.15) is 21.7 Å². The third-order valence-electron chi connectivity index (χ3n) is 3.04. The number of halogens is 1. The third-order valence-corrected chi connectivity index (χ3v) is 3.04. The van der Waals surface area contributed by atoms with Gasteiger partial charge in [0.15, 0.2) is 0 Å². The second-order valence-corrected chi connectivity index (χ2v) is 4.62. The van der Waals surface area contributed by atoms with Crippen LogP contribution in [0.4, 0.5) is 21.5 Å². The number of aryl methyl sites for hydroxylation is 2. The quantitative estimate of drug-likeness (QED) is 0.671. The summed E-state index contributed by atoms with van der Waals surface area (Å²) in [6, 6.07) is 6.03. The van der Waals surface area contributed by atoms with Gasteiger partial charge < -0.3 is 15.8 Å². The lowest BCUT2D eigenvalue weighted by atomic mass is 10.1. The number of carbonyl (C=O) groups is 1. The number of nitrogens with two attached hydrogens (primary N) is 1. The Morgan fingerprint density at radius 1 is 1.29 bits per heavy atom. The molecule has 21 heavy (non-hydrogen) atoms. The highest BCUT2D eigenvalue weighted by atomic mass is 19.1. The number of benzene rings is 1. The van der Waals surface area contributed by atoms with Crippen LogP contribution in [0.15, 0.2) is 24.3 Å². The zero-order valence-corrected chi connectivity index (χ0v) is 12.0. The zero-order valence-electron chi connectivity index (χ0n) is 12.0. The van der Waals surface area contributed by atoms with E-state index in [1.54, 1.807) is 6.07 Å². The number of rotatable bonds is 3. The van der Waals surface area contributed by atoms with Gasteiger partial charge in [-0.1, -0.05) is 0 Å². The van der Waals surface area contributed by atoms with Crippen molar-refractivity contribution in [2.75, 3.05) is 18.2 Å². The predicted molar refractivity (Wildman–Crippen MR) is 79.1 cm³/mol. The number of anilines is 3. The number of nitrogen functional groups attached to an aromatic ring is 1. The predicted octanol–water partition coefficient (Wildman–Crippen LogP) is 2.95. The van der Waals surface area contributed by atoms with Crippen molar-refractivity contribution in [2.24, 2.45) is 0 Å². The third kappa shape index (κ3) is 3.10. The number of hydrogen-bond acceptors (Lipinski definition) is 5. The summed E-state index contributed by atoms with van der Waals surface area (Å²) in [4.78, 5) is 15.9. The standard InChI is InChI=1S/C15H16FN3O2/c1-8-4-5-13(9(2)18-8)19-14-6-10(15(20)21-3)12(17)7-11(14)16/h4-7,19H,17H2,1-3H3. The molecule has 3 N–H and O–H groups in total. The molecule has 0 radical (unpaired) electrons. The first kappa shape index (κ1) is 14.8. The van der Waals surface area contributed by atoms with E-state index in [0.29, 0.717) is 5.69 Å². The van der Waals surface area contributed by atoms with Crippen LogP contribution >= 0.6 is 0 Å². The molecule has 1 heterocycles. The minimum absolute atomic E-state index is 0.0312. The van der Waals surface area contributed by atoms with E-state index in [1.165, 1.54) is 13.2 Å². The second kappa shape index (κ2) is 5.78. The fourth-order valence-electron chi connectivity index (χ4n) is 1.93. The molecule has 0 aliphatic rings. The number of aromatic nitrogens is 1. The fraction of sp³-hybridized carbons (Fsp3) is 0.200. The molecule has 0 atom stereocenters. The smallest absolute Gasteiger partial charge is 0.340 e. The maximum absolute atomic E-state index is 14.0. The largest absolute Gasteiger partial charge is 0.465 e. The van der Waals surface area contributed by atoms with Crippen molar-refractivity contribution in [1.82, 2.24) is 4.98 Å². The van der Waals surface area contributed by atoms with E-state index in [1.807, 2.05) is 19.9 Å². The van der Waals surface area contributed by atoms with Gasteiger partial charge in [0.2, 0.25) is 0 Å². The minimum Gasteiger partial charge on any atom is -0.465 e. The summed E-state index contributed by atoms with van der Waals surface area (Å²) in [6.07, 6.45) is 0. The first-order valence-electron chi connectivity index (χ1n) is 6.31. The first-order chi connectivity index (χ1) is 9.92. The van der Waals surface area contributed by atoms with Gasteiger partial charge in [0.1, 0.15) is 5.82 Å². The van der Waals surface area contributed by atoms with Crippen molar-refractivity contribution in [1.29, 1.82) is 0 Å². The molecule has 0 unspecified atom stereocenters. The first-order valence-corrected chi connectivity index (χ1v) is 6.31. The normalized spacial score (nSPS) is 10.3. The SMILES string of the molecule is COC(=O)c1cc(Nc2ccc(C)nc2C)c(F)cc1N. The fourth-order valence-corrected chi connectivity index (χ4v) is 1.93. The van der Waals surface area contributed by atoms with E-state index < -0.39 is 11.8 Å². The monoisotopic (exact) mass is 289 g/mol. The Hall–Kier alpha value is -2.63. The van der Waals surface area contributed by atoms with E-state index in [0.717, 1.165) is 17.5 Å². The van der Waals surface area contributed by atoms with Gasteiger partial charge in [0, 0.05) is 11.4 Å². The zero-order chi connectivity index (χ0) is 15.6. The van der Waals surface area contributed by atoms with Crippen LogP contribution in [-0.2, 0) is 4.74 Å². The molecule has 1 aromatic carbocycles. The lowest BCUT2D eigenvalue weighted by Crippen LogP contribution is -2.08. The van der Waals surface area contributed by atoms with Crippen LogP contribution in [0.5, 0.6) is 0 Å². The van der Waals surface area contributed by atoms with Crippen LogP contribution in [0, 0.1) is 19.7 Å². The molecular weight excluding hydrogens is 273 g/mol. The number of nitrogens with one attached hydrogen (secondary N) is 1. The van der Waals surface area contributed by atoms with Gasteiger partial charge in [-0.3, -0.25) is 4.98 Å². The van der Waals surface area contributed by atoms with Crippen LogP contribution < -0.4 is 11.1 Å². The Labute approximate surface area is 121 Å². The molecule has 0 amide bonds. The average molecular weight is 289 g/mol. The summed E-state index contributed by atoms with van der Waals surface area (Å²) < 4.78 is 18.6. The van der Waals surface area contributed by atoms with E-state index in [9.17, 15) is 9.18 Å². The number of esters is 1. The molecule has 0 bridgehead atoms.